The van der Waals surface area contributed by atoms with Crippen LogP contribution in [0.1, 0.15) is 66.7 Å². The van der Waals surface area contributed by atoms with E-state index in [1.165, 1.54) is 51.7 Å². The van der Waals surface area contributed by atoms with Gasteiger partial charge in [0.05, 0.1) is 0 Å². The first kappa shape index (κ1) is 25.0. The van der Waals surface area contributed by atoms with Gasteiger partial charge in [0.25, 0.3) is 0 Å². The summed E-state index contributed by atoms with van der Waals surface area (Å²) in [4.78, 5) is 2.63. The largest absolute Gasteiger partial charge is 0.665 e. The molecule has 1 heterocycles. The molecule has 1 aliphatic rings. The topological polar surface area (TPSA) is 17.3 Å². The Morgan fingerprint density at radius 1 is 0.947 bits per heavy atom. The fourth-order valence-electron chi connectivity index (χ4n) is 2.08. The van der Waals surface area contributed by atoms with Crippen LogP contribution in [0.2, 0.25) is 0 Å². The maximum Gasteiger partial charge on any atom is 0 e. The first-order valence-electron chi connectivity index (χ1n) is 8.11. The predicted octanol–water partition coefficient (Wildman–Crippen LogP) is 4.94. The van der Waals surface area contributed by atoms with Gasteiger partial charge in [-0.3, -0.25) is 0 Å². The van der Waals surface area contributed by atoms with Crippen molar-refractivity contribution < 1.29 is 32.7 Å². The molecule has 2 nitrogen and oxygen atoms in total. The molecule has 0 bridgehead atoms. The monoisotopic (exact) mass is 346 g/mol. The summed E-state index contributed by atoms with van der Waals surface area (Å²) in [5.41, 5.74) is 0. The van der Waals surface area contributed by atoms with Crippen LogP contribution in [0.4, 0.5) is 0 Å². The number of nitrogens with zero attached hydrogens (tertiary/aromatic N) is 2. The molecule has 115 valence electrons. The maximum atomic E-state index is 4.16. The first-order valence-corrected chi connectivity index (χ1v) is 8.11. The van der Waals surface area contributed by atoms with Crippen LogP contribution < -0.4 is 0 Å². The van der Waals surface area contributed by atoms with Crippen molar-refractivity contribution in [1.82, 2.24) is 4.90 Å². The molecule has 0 aromatic heterocycles. The molecule has 1 unspecified atom stereocenters. The number of hydrogen-bond acceptors (Lipinski definition) is 1. The van der Waals surface area contributed by atoms with Crippen molar-refractivity contribution in [2.45, 2.75) is 66.7 Å². The van der Waals surface area contributed by atoms with Crippen LogP contribution in [0.25, 0.3) is 5.32 Å². The zero-order chi connectivity index (χ0) is 14.2. The minimum Gasteiger partial charge on any atom is -0.665 e. The standard InChI is InChI=1S/C12H25N2.2C2H6.Y/c1-12(6-8-13-2)7-11-14-9-4-3-5-10-14;2*1-2;/h12H,3-11H2,1-2H3;2*1-2H3;/q-1;;;. The Kier molecular flexibility index (Phi) is 28.1. The molecule has 0 amide bonds. The van der Waals surface area contributed by atoms with Gasteiger partial charge in [0, 0.05) is 32.7 Å². The molecule has 0 aliphatic carbocycles. The quantitative estimate of drug-likeness (QED) is 0.666. The molecule has 1 fully saturated rings. The van der Waals surface area contributed by atoms with Crippen molar-refractivity contribution >= 4 is 0 Å². The summed E-state index contributed by atoms with van der Waals surface area (Å²) in [5.74, 6) is 0.848. The Morgan fingerprint density at radius 3 is 1.95 bits per heavy atom. The normalized spacial score (nSPS) is 16.1. The predicted molar refractivity (Wildman–Crippen MR) is 85.5 cm³/mol. The van der Waals surface area contributed by atoms with E-state index >= 15 is 0 Å². The third-order valence-electron chi connectivity index (χ3n) is 3.23. The number of likely N-dealkylation sites (tertiary alicyclic amines) is 1. The van der Waals surface area contributed by atoms with Gasteiger partial charge < -0.3 is 10.2 Å². The van der Waals surface area contributed by atoms with E-state index in [1.54, 1.807) is 0 Å². The molecule has 1 radical (unpaired) electrons. The van der Waals surface area contributed by atoms with Crippen molar-refractivity contribution in [2.24, 2.45) is 5.92 Å². The van der Waals surface area contributed by atoms with Crippen LogP contribution in [-0.2, 0) is 32.7 Å². The van der Waals surface area contributed by atoms with Crippen molar-refractivity contribution in [3.8, 4) is 0 Å². The number of rotatable bonds is 6. The molecule has 1 rings (SSSR count). The maximum absolute atomic E-state index is 4.16. The molecule has 0 aromatic rings. The van der Waals surface area contributed by atoms with Gasteiger partial charge in [-0.25, -0.2) is 0 Å². The van der Waals surface area contributed by atoms with Crippen molar-refractivity contribution in [3.05, 3.63) is 5.32 Å². The molecule has 19 heavy (non-hydrogen) atoms. The van der Waals surface area contributed by atoms with Crippen LogP contribution in [0, 0.1) is 5.92 Å². The molecule has 0 aromatic carbocycles. The summed E-state index contributed by atoms with van der Waals surface area (Å²) >= 11 is 0. The second kappa shape index (κ2) is 21.3. The van der Waals surface area contributed by atoms with Gasteiger partial charge in [-0.05, 0) is 44.8 Å². The van der Waals surface area contributed by atoms with Crippen molar-refractivity contribution in [1.29, 1.82) is 0 Å². The van der Waals surface area contributed by atoms with Crippen LogP contribution >= 0.6 is 0 Å². The number of piperidine rings is 1. The SMILES string of the molecule is CC.CC.C[N-]CCC(C)CCN1CCCCC1.[Y]. The third-order valence-corrected chi connectivity index (χ3v) is 3.23. The molecule has 1 atom stereocenters. The molecule has 3 heteroatoms. The van der Waals surface area contributed by atoms with E-state index in [0.29, 0.717) is 0 Å². The molecule has 0 spiro atoms. The molecule has 0 N–H and O–H groups in total. The molecule has 1 aliphatic heterocycles. The summed E-state index contributed by atoms with van der Waals surface area (Å²) in [5, 5.41) is 4.16. The van der Waals surface area contributed by atoms with Gasteiger partial charge in [-0.15, -0.1) is 6.54 Å². The van der Waals surface area contributed by atoms with E-state index in [2.05, 4.69) is 17.1 Å². The van der Waals surface area contributed by atoms with E-state index in [4.69, 9.17) is 0 Å². The van der Waals surface area contributed by atoms with Crippen molar-refractivity contribution in [3.63, 3.8) is 0 Å². The zero-order valence-electron chi connectivity index (χ0n) is 14.4. The Morgan fingerprint density at radius 2 is 1.47 bits per heavy atom. The Labute approximate surface area is 148 Å². The second-order valence-corrected chi connectivity index (χ2v) is 4.62. The van der Waals surface area contributed by atoms with Gasteiger partial charge >= 0.3 is 0 Å². The average molecular weight is 346 g/mol. The van der Waals surface area contributed by atoms with Gasteiger partial charge in [0.1, 0.15) is 0 Å². The molecular formula is C16H37N2Y-. The number of hydrogen-bond donors (Lipinski definition) is 0. The summed E-state index contributed by atoms with van der Waals surface area (Å²) < 4.78 is 0. The van der Waals surface area contributed by atoms with Gasteiger partial charge in [0.2, 0.25) is 0 Å². The second-order valence-electron chi connectivity index (χ2n) is 4.62. The van der Waals surface area contributed by atoms with Crippen LogP contribution in [0.5, 0.6) is 0 Å². The van der Waals surface area contributed by atoms with Gasteiger partial charge in [0.15, 0.2) is 0 Å². The van der Waals surface area contributed by atoms with E-state index in [1.807, 2.05) is 34.7 Å². The van der Waals surface area contributed by atoms with Gasteiger partial charge in [-0.1, -0.05) is 47.5 Å². The van der Waals surface area contributed by atoms with E-state index in [9.17, 15) is 0 Å². The van der Waals surface area contributed by atoms with Gasteiger partial charge in [-0.2, -0.15) is 7.05 Å². The van der Waals surface area contributed by atoms with Crippen LogP contribution in [-0.4, -0.2) is 38.1 Å². The third kappa shape index (κ3) is 17.0. The van der Waals surface area contributed by atoms with E-state index in [-0.39, 0.29) is 32.7 Å². The summed E-state index contributed by atoms with van der Waals surface area (Å²) in [6, 6.07) is 0. The van der Waals surface area contributed by atoms with Crippen molar-refractivity contribution in [2.75, 3.05) is 33.2 Å². The van der Waals surface area contributed by atoms with Crippen LogP contribution in [0.15, 0.2) is 0 Å². The van der Waals surface area contributed by atoms with E-state index in [0.717, 1.165) is 12.5 Å². The van der Waals surface area contributed by atoms with Crippen LogP contribution in [0.3, 0.4) is 0 Å². The Bertz CT molecular complexity index is 137. The smallest absolute Gasteiger partial charge is 0 e. The molecule has 1 saturated heterocycles. The van der Waals surface area contributed by atoms with E-state index < -0.39 is 0 Å². The Hall–Kier alpha value is 1.02. The fraction of sp³-hybridized carbons (Fsp3) is 1.00. The summed E-state index contributed by atoms with van der Waals surface area (Å²) in [6.45, 7) is 15.4. The fourth-order valence-corrected chi connectivity index (χ4v) is 2.08. The average Bonchev–Trinajstić information content (AvgIpc) is 2.48. The minimum atomic E-state index is 0. The first-order chi connectivity index (χ1) is 8.83. The molecular weight excluding hydrogens is 309 g/mol. The summed E-state index contributed by atoms with van der Waals surface area (Å²) in [7, 11) is 1.91. The summed E-state index contributed by atoms with van der Waals surface area (Å²) in [6.07, 6.45) is 6.90. The minimum absolute atomic E-state index is 0. The zero-order valence-corrected chi connectivity index (χ0v) is 17.3. The molecule has 0 saturated carbocycles. The Balaban J connectivity index is -0.000000467.